The van der Waals surface area contributed by atoms with Crippen LogP contribution in [0.3, 0.4) is 0 Å². The second kappa shape index (κ2) is 11.1. The molecule has 4 aromatic carbocycles. The first-order valence-corrected chi connectivity index (χ1v) is 12.8. The third-order valence-corrected chi connectivity index (χ3v) is 6.97. The maximum atomic E-state index is 13.3. The molecule has 5 rings (SSSR count). The molecule has 0 aliphatic rings. The van der Waals surface area contributed by atoms with Crippen LogP contribution in [0.25, 0.3) is 11.0 Å². The van der Waals surface area contributed by atoms with Crippen LogP contribution in [0.2, 0.25) is 0 Å². The maximum Gasteiger partial charge on any atom is 0.251 e. The number of fused-ring (bicyclic) bond motifs is 1. The zero-order valence-electron chi connectivity index (χ0n) is 20.3. The van der Waals surface area contributed by atoms with Crippen LogP contribution in [0.15, 0.2) is 119 Å². The van der Waals surface area contributed by atoms with E-state index in [9.17, 15) is 9.59 Å². The van der Waals surface area contributed by atoms with E-state index in [-0.39, 0.29) is 18.4 Å². The summed E-state index contributed by atoms with van der Waals surface area (Å²) in [6.07, 6.45) is 0. The first kappa shape index (κ1) is 24.3. The standard InChI is InChI=1S/C30H26N4O2S/c1-21(31-30(36)22-12-4-2-5-13-22)29-33-24-16-8-10-18-26(24)34(29)20-28(35)32-25-17-9-11-19-27(25)37-23-14-6-3-7-15-23/h2-19,21H,20H2,1H3,(H,31,36)(H,32,35)/t21-/m0/s1. The van der Waals surface area contributed by atoms with Gasteiger partial charge in [-0.3, -0.25) is 9.59 Å². The highest BCUT2D eigenvalue weighted by Gasteiger charge is 2.21. The lowest BCUT2D eigenvalue weighted by Gasteiger charge is -2.17. The molecular weight excluding hydrogens is 480 g/mol. The van der Waals surface area contributed by atoms with Crippen LogP contribution >= 0.6 is 11.8 Å². The average molecular weight is 507 g/mol. The van der Waals surface area contributed by atoms with Crippen molar-refractivity contribution in [2.45, 2.75) is 29.3 Å². The summed E-state index contributed by atoms with van der Waals surface area (Å²) in [5, 5.41) is 6.09. The zero-order chi connectivity index (χ0) is 25.6. The molecular formula is C30H26N4O2S. The van der Waals surface area contributed by atoms with Crippen molar-refractivity contribution in [2.24, 2.45) is 0 Å². The van der Waals surface area contributed by atoms with Gasteiger partial charge in [0, 0.05) is 15.4 Å². The smallest absolute Gasteiger partial charge is 0.251 e. The molecule has 6 nitrogen and oxygen atoms in total. The Hall–Kier alpha value is -4.36. The van der Waals surface area contributed by atoms with Crippen molar-refractivity contribution in [2.75, 3.05) is 5.32 Å². The summed E-state index contributed by atoms with van der Waals surface area (Å²) in [6, 6.07) is 34.1. The van der Waals surface area contributed by atoms with E-state index in [1.165, 1.54) is 0 Å². The van der Waals surface area contributed by atoms with E-state index in [1.54, 1.807) is 23.9 Å². The van der Waals surface area contributed by atoms with Crippen LogP contribution in [0, 0.1) is 0 Å². The SMILES string of the molecule is C[C@H](NC(=O)c1ccccc1)c1nc2ccccc2n1CC(=O)Nc1ccccc1Sc1ccccc1. The molecule has 0 unspecified atom stereocenters. The molecule has 0 radical (unpaired) electrons. The zero-order valence-corrected chi connectivity index (χ0v) is 21.1. The average Bonchev–Trinajstić information content (AvgIpc) is 3.29. The number of hydrogen-bond donors (Lipinski definition) is 2. The van der Waals surface area contributed by atoms with Gasteiger partial charge in [0.05, 0.1) is 22.8 Å². The molecule has 0 aliphatic heterocycles. The number of benzene rings is 4. The second-order valence-corrected chi connectivity index (χ2v) is 9.68. The van der Waals surface area contributed by atoms with Crippen LogP contribution < -0.4 is 10.6 Å². The number of anilines is 1. The van der Waals surface area contributed by atoms with Crippen molar-refractivity contribution in [3.05, 3.63) is 121 Å². The first-order chi connectivity index (χ1) is 18.1. The fourth-order valence-corrected chi connectivity index (χ4v) is 5.06. The van der Waals surface area contributed by atoms with Gasteiger partial charge in [0.15, 0.2) is 0 Å². The molecule has 0 bridgehead atoms. The van der Waals surface area contributed by atoms with E-state index in [2.05, 4.69) is 10.6 Å². The lowest BCUT2D eigenvalue weighted by molar-refractivity contribution is -0.116. The summed E-state index contributed by atoms with van der Waals surface area (Å²) in [7, 11) is 0. The number of nitrogens with one attached hydrogen (secondary N) is 2. The Labute approximate surface area is 219 Å². The van der Waals surface area contributed by atoms with E-state index in [1.807, 2.05) is 109 Å². The van der Waals surface area contributed by atoms with Crippen LogP contribution in [0.5, 0.6) is 0 Å². The van der Waals surface area contributed by atoms with Gasteiger partial charge in [-0.05, 0) is 55.5 Å². The normalized spacial score (nSPS) is 11.7. The molecule has 1 heterocycles. The van der Waals surface area contributed by atoms with Gasteiger partial charge in [-0.25, -0.2) is 4.98 Å². The summed E-state index contributed by atoms with van der Waals surface area (Å²) in [5.41, 5.74) is 2.92. The van der Waals surface area contributed by atoms with Crippen LogP contribution in [-0.2, 0) is 11.3 Å². The van der Waals surface area contributed by atoms with Gasteiger partial charge in [0.2, 0.25) is 5.91 Å². The topological polar surface area (TPSA) is 76.0 Å². The molecule has 0 saturated carbocycles. The van der Waals surface area contributed by atoms with E-state index in [0.717, 1.165) is 26.5 Å². The molecule has 1 atom stereocenters. The van der Waals surface area contributed by atoms with E-state index in [0.29, 0.717) is 11.4 Å². The Bertz CT molecular complexity index is 1530. The van der Waals surface area contributed by atoms with E-state index in [4.69, 9.17) is 4.98 Å². The van der Waals surface area contributed by atoms with Crippen molar-refractivity contribution >= 4 is 40.3 Å². The number of nitrogens with zero attached hydrogens (tertiary/aromatic N) is 2. The number of carbonyl (C=O) groups is 2. The van der Waals surface area contributed by atoms with Crippen LogP contribution in [0.4, 0.5) is 5.69 Å². The van der Waals surface area contributed by atoms with Gasteiger partial charge in [-0.1, -0.05) is 72.4 Å². The molecule has 184 valence electrons. The van der Waals surface area contributed by atoms with Gasteiger partial charge in [-0.15, -0.1) is 0 Å². The quantitative estimate of drug-likeness (QED) is 0.258. The van der Waals surface area contributed by atoms with Gasteiger partial charge in [0.1, 0.15) is 12.4 Å². The third-order valence-electron chi connectivity index (χ3n) is 5.89. The van der Waals surface area contributed by atoms with Gasteiger partial charge in [-0.2, -0.15) is 0 Å². The number of carbonyl (C=O) groups excluding carboxylic acids is 2. The molecule has 0 fully saturated rings. The molecule has 0 spiro atoms. The molecule has 7 heteroatoms. The molecule has 37 heavy (non-hydrogen) atoms. The molecule has 5 aromatic rings. The Morgan fingerprint density at radius 2 is 1.49 bits per heavy atom. The maximum absolute atomic E-state index is 13.3. The lowest BCUT2D eigenvalue weighted by Crippen LogP contribution is -2.30. The number of imidazole rings is 1. The summed E-state index contributed by atoms with van der Waals surface area (Å²) in [4.78, 5) is 32.9. The number of hydrogen-bond acceptors (Lipinski definition) is 4. The Morgan fingerprint density at radius 3 is 2.27 bits per heavy atom. The number of aromatic nitrogens is 2. The minimum atomic E-state index is -0.408. The van der Waals surface area contributed by atoms with E-state index < -0.39 is 6.04 Å². The Balaban J connectivity index is 1.38. The highest BCUT2D eigenvalue weighted by atomic mass is 32.2. The second-order valence-electron chi connectivity index (χ2n) is 8.57. The van der Waals surface area contributed by atoms with E-state index >= 15 is 0 Å². The van der Waals surface area contributed by atoms with Crippen molar-refractivity contribution in [3.63, 3.8) is 0 Å². The molecule has 0 saturated heterocycles. The summed E-state index contributed by atoms with van der Waals surface area (Å²) in [6.45, 7) is 1.94. The number of amides is 2. The predicted molar refractivity (Wildman–Crippen MR) is 148 cm³/mol. The Kier molecular flexibility index (Phi) is 7.33. The Morgan fingerprint density at radius 1 is 0.838 bits per heavy atom. The molecule has 0 aliphatic carbocycles. The fourth-order valence-electron chi connectivity index (χ4n) is 4.13. The third kappa shape index (κ3) is 5.73. The number of para-hydroxylation sites is 3. The minimum absolute atomic E-state index is 0.0612. The van der Waals surface area contributed by atoms with Crippen molar-refractivity contribution < 1.29 is 9.59 Å². The highest BCUT2D eigenvalue weighted by molar-refractivity contribution is 7.99. The molecule has 2 amide bonds. The lowest BCUT2D eigenvalue weighted by atomic mass is 10.2. The monoisotopic (exact) mass is 506 g/mol. The molecule has 2 N–H and O–H groups in total. The van der Waals surface area contributed by atoms with Crippen molar-refractivity contribution in [3.8, 4) is 0 Å². The van der Waals surface area contributed by atoms with Gasteiger partial charge < -0.3 is 15.2 Å². The predicted octanol–water partition coefficient (Wildman–Crippen LogP) is 6.32. The number of rotatable bonds is 8. The largest absolute Gasteiger partial charge is 0.342 e. The van der Waals surface area contributed by atoms with Crippen LogP contribution in [-0.4, -0.2) is 21.4 Å². The van der Waals surface area contributed by atoms with Crippen molar-refractivity contribution in [1.29, 1.82) is 0 Å². The van der Waals surface area contributed by atoms with Crippen molar-refractivity contribution in [1.82, 2.24) is 14.9 Å². The van der Waals surface area contributed by atoms with Crippen LogP contribution in [0.1, 0.15) is 29.1 Å². The fraction of sp³-hybridized carbons (Fsp3) is 0.100. The van der Waals surface area contributed by atoms with Gasteiger partial charge in [0.25, 0.3) is 5.91 Å². The molecule has 1 aromatic heterocycles. The summed E-state index contributed by atoms with van der Waals surface area (Å²) < 4.78 is 1.87. The minimum Gasteiger partial charge on any atom is -0.342 e. The summed E-state index contributed by atoms with van der Waals surface area (Å²) >= 11 is 1.60. The highest BCUT2D eigenvalue weighted by Crippen LogP contribution is 2.33. The first-order valence-electron chi connectivity index (χ1n) is 12.0. The summed E-state index contributed by atoms with van der Waals surface area (Å²) in [5.74, 6) is 0.252. The van der Waals surface area contributed by atoms with Gasteiger partial charge >= 0.3 is 0 Å².